The number of hydrogen-bond donors (Lipinski definition) is 1. The molecule has 0 fully saturated rings. The molecule has 0 aliphatic heterocycles. The highest BCUT2D eigenvalue weighted by atomic mass is 32.1. The van der Waals surface area contributed by atoms with Crippen molar-refractivity contribution in [3.63, 3.8) is 0 Å². The van der Waals surface area contributed by atoms with Gasteiger partial charge in [0.2, 0.25) is 0 Å². The van der Waals surface area contributed by atoms with Gasteiger partial charge >= 0.3 is 11.8 Å². The maximum Gasteiger partial charge on any atom is 0.375 e. The number of carboxylic acid groups (broad SMARTS) is 1. The number of rotatable bonds is 3. The predicted molar refractivity (Wildman–Crippen MR) is 63.8 cm³/mol. The second-order valence-corrected chi connectivity index (χ2v) is 4.42. The Bertz CT molecular complexity index is 801. The molecule has 96 valence electrons. The first-order chi connectivity index (χ1) is 9.08. The topological polar surface area (TPSA) is 116 Å². The molecule has 0 atom stereocenters. The summed E-state index contributed by atoms with van der Waals surface area (Å²) in [4.78, 5) is 25.8. The van der Waals surface area contributed by atoms with Gasteiger partial charge in [0.25, 0.3) is 10.8 Å². The van der Waals surface area contributed by atoms with Crippen LogP contribution in [0.2, 0.25) is 0 Å². The third-order valence-electron chi connectivity index (χ3n) is 2.44. The number of hydrogen-bond acceptors (Lipinski definition) is 6. The molecule has 0 unspecified atom stereocenters. The van der Waals surface area contributed by atoms with E-state index in [1.54, 1.807) is 5.38 Å². The van der Waals surface area contributed by atoms with Gasteiger partial charge in [-0.2, -0.15) is 14.5 Å². The van der Waals surface area contributed by atoms with Crippen LogP contribution in [0.5, 0.6) is 0 Å². The van der Waals surface area contributed by atoms with Crippen LogP contribution in [0.4, 0.5) is 5.82 Å². The zero-order valence-corrected chi connectivity index (χ0v) is 9.94. The smallest absolute Gasteiger partial charge is 0.375 e. The Kier molecular flexibility index (Phi) is 2.32. The van der Waals surface area contributed by atoms with Gasteiger partial charge in [-0.15, -0.1) is 0 Å². The number of aromatic nitrogens is 4. The number of nitrogens with zero attached hydrogens (tertiary/aromatic N) is 5. The van der Waals surface area contributed by atoms with E-state index < -0.39 is 10.9 Å². The Balaban J connectivity index is 2.23. The summed E-state index contributed by atoms with van der Waals surface area (Å²) in [5.74, 6) is -1.42. The second kappa shape index (κ2) is 3.88. The summed E-state index contributed by atoms with van der Waals surface area (Å²) in [7, 11) is 0. The van der Waals surface area contributed by atoms with Crippen LogP contribution in [0.3, 0.4) is 0 Å². The van der Waals surface area contributed by atoms with Crippen LogP contribution in [-0.4, -0.2) is 35.2 Å². The van der Waals surface area contributed by atoms with Gasteiger partial charge in [0, 0.05) is 11.6 Å². The highest BCUT2D eigenvalue weighted by Gasteiger charge is 2.26. The van der Waals surface area contributed by atoms with E-state index in [-0.39, 0.29) is 17.2 Å². The molecule has 10 heteroatoms. The lowest BCUT2D eigenvalue weighted by molar-refractivity contribution is -0.390. The number of carbonyl (C=O) groups is 1. The molecular formula is C9H5N5O4S. The van der Waals surface area contributed by atoms with Crippen molar-refractivity contribution in [2.45, 2.75) is 0 Å². The number of imidazole rings is 1. The minimum absolute atomic E-state index is 0.00986. The number of aromatic carboxylic acids is 1. The summed E-state index contributed by atoms with van der Waals surface area (Å²) < 4.78 is 2.41. The van der Waals surface area contributed by atoms with Crippen molar-refractivity contribution in [2.24, 2.45) is 0 Å². The van der Waals surface area contributed by atoms with Gasteiger partial charge in [-0.3, -0.25) is 0 Å². The summed E-state index contributed by atoms with van der Waals surface area (Å²) in [6.45, 7) is 0. The van der Waals surface area contributed by atoms with Crippen LogP contribution in [0, 0.1) is 10.1 Å². The van der Waals surface area contributed by atoms with Crippen molar-refractivity contribution >= 4 is 28.1 Å². The van der Waals surface area contributed by atoms with E-state index in [0.29, 0.717) is 4.96 Å². The zero-order chi connectivity index (χ0) is 13.6. The van der Waals surface area contributed by atoms with Gasteiger partial charge in [-0.25, -0.2) is 9.48 Å². The minimum Gasteiger partial charge on any atom is -0.478 e. The first-order valence-electron chi connectivity index (χ1n) is 4.96. The van der Waals surface area contributed by atoms with E-state index in [1.165, 1.54) is 28.1 Å². The van der Waals surface area contributed by atoms with Gasteiger partial charge < -0.3 is 15.2 Å². The average Bonchev–Trinajstić information content (AvgIpc) is 3.02. The summed E-state index contributed by atoms with van der Waals surface area (Å²) in [5, 5.41) is 25.4. The summed E-state index contributed by atoms with van der Waals surface area (Å²) in [6.07, 6.45) is 3.82. The van der Waals surface area contributed by atoms with Crippen molar-refractivity contribution in [2.75, 3.05) is 0 Å². The Morgan fingerprint density at radius 3 is 2.95 bits per heavy atom. The molecule has 0 aliphatic carbocycles. The van der Waals surface area contributed by atoms with Gasteiger partial charge in [0.15, 0.2) is 0 Å². The average molecular weight is 279 g/mol. The lowest BCUT2D eigenvalue weighted by Crippen LogP contribution is -2.01. The fourth-order valence-electron chi connectivity index (χ4n) is 1.63. The second-order valence-electron chi connectivity index (χ2n) is 3.55. The van der Waals surface area contributed by atoms with E-state index in [0.717, 1.165) is 10.9 Å². The van der Waals surface area contributed by atoms with Crippen molar-refractivity contribution in [3.8, 4) is 5.82 Å². The van der Waals surface area contributed by atoms with Gasteiger partial charge in [0.05, 0.1) is 11.8 Å². The maximum absolute atomic E-state index is 11.1. The summed E-state index contributed by atoms with van der Waals surface area (Å²) in [6, 6.07) is 0. The first-order valence-corrected chi connectivity index (χ1v) is 5.84. The Morgan fingerprint density at radius 1 is 1.53 bits per heavy atom. The molecular weight excluding hydrogens is 274 g/mol. The predicted octanol–water partition coefficient (Wildman–Crippen LogP) is 1.19. The molecule has 0 amide bonds. The van der Waals surface area contributed by atoms with E-state index in [9.17, 15) is 14.9 Å². The van der Waals surface area contributed by atoms with Crippen molar-refractivity contribution in [1.29, 1.82) is 0 Å². The highest BCUT2D eigenvalue weighted by molar-refractivity contribution is 7.15. The highest BCUT2D eigenvalue weighted by Crippen LogP contribution is 2.26. The van der Waals surface area contributed by atoms with Crippen molar-refractivity contribution < 1.29 is 14.8 Å². The van der Waals surface area contributed by atoms with Gasteiger partial charge in [-0.1, -0.05) is 11.3 Å². The number of carboxylic acids is 1. The molecule has 3 aromatic heterocycles. The van der Waals surface area contributed by atoms with Crippen molar-refractivity contribution in [3.05, 3.63) is 39.6 Å². The fraction of sp³-hybridized carbons (Fsp3) is 0. The normalized spacial score (nSPS) is 10.9. The molecule has 9 nitrogen and oxygen atoms in total. The number of nitro groups is 1. The lowest BCUT2D eigenvalue weighted by atomic mass is 10.4. The Labute approximate surface area is 108 Å². The molecule has 0 spiro atoms. The van der Waals surface area contributed by atoms with Crippen LogP contribution in [0.1, 0.15) is 10.4 Å². The molecule has 3 heterocycles. The zero-order valence-electron chi connectivity index (χ0n) is 9.13. The standard InChI is InChI=1S/C9H5N5O4S/c15-8(16)5-3-10-13(4-5)6-7(14(17)18)12-1-2-19-9(12)11-6/h1-4H,(H,15,16). The molecule has 3 rings (SSSR count). The molecule has 19 heavy (non-hydrogen) atoms. The van der Waals surface area contributed by atoms with Gasteiger partial charge in [-0.05, 0) is 4.92 Å². The number of fused-ring (bicyclic) bond motifs is 1. The van der Waals surface area contributed by atoms with Crippen LogP contribution in [0.15, 0.2) is 24.0 Å². The quantitative estimate of drug-likeness (QED) is 0.568. The van der Waals surface area contributed by atoms with Crippen LogP contribution in [0.25, 0.3) is 10.8 Å². The fourth-order valence-corrected chi connectivity index (χ4v) is 2.34. The van der Waals surface area contributed by atoms with Crippen LogP contribution >= 0.6 is 11.3 Å². The molecule has 3 aromatic rings. The number of thiazole rings is 1. The Morgan fingerprint density at radius 2 is 2.32 bits per heavy atom. The summed E-state index contributed by atoms with van der Waals surface area (Å²) in [5.41, 5.74) is -0.0642. The van der Waals surface area contributed by atoms with Crippen LogP contribution in [-0.2, 0) is 0 Å². The molecule has 0 aromatic carbocycles. The van der Waals surface area contributed by atoms with Crippen molar-refractivity contribution in [1.82, 2.24) is 19.2 Å². The summed E-state index contributed by atoms with van der Waals surface area (Å²) >= 11 is 1.24. The maximum atomic E-state index is 11.1. The van der Waals surface area contributed by atoms with E-state index in [2.05, 4.69) is 10.1 Å². The van der Waals surface area contributed by atoms with E-state index >= 15 is 0 Å². The van der Waals surface area contributed by atoms with E-state index in [4.69, 9.17) is 5.11 Å². The molecule has 0 bridgehead atoms. The lowest BCUT2D eigenvalue weighted by Gasteiger charge is -1.96. The molecule has 0 saturated carbocycles. The van der Waals surface area contributed by atoms with Crippen LogP contribution < -0.4 is 0 Å². The molecule has 0 saturated heterocycles. The SMILES string of the molecule is O=C(O)c1cnn(-c2nc3sccn3c2[N+](=O)[O-])c1. The first kappa shape index (κ1) is 11.3. The third kappa shape index (κ3) is 1.65. The monoisotopic (exact) mass is 279 g/mol. The molecule has 0 aliphatic rings. The largest absolute Gasteiger partial charge is 0.478 e. The Hall–Kier alpha value is -2.75. The molecule has 1 N–H and O–H groups in total. The minimum atomic E-state index is -1.16. The van der Waals surface area contributed by atoms with Gasteiger partial charge in [0.1, 0.15) is 6.20 Å². The third-order valence-corrected chi connectivity index (χ3v) is 3.20. The molecule has 0 radical (unpaired) electrons. The van der Waals surface area contributed by atoms with E-state index in [1.807, 2.05) is 0 Å².